The number of hydrogen-bond donors (Lipinski definition) is 0. The predicted octanol–water partition coefficient (Wildman–Crippen LogP) is 15.3. The number of benzene rings is 7. The molecular formula is C62H25F3N10O. The van der Waals surface area contributed by atoms with Crippen LogP contribution in [0.2, 0.25) is 0 Å². The molecule has 0 spiro atoms. The van der Waals surface area contributed by atoms with Gasteiger partial charge in [0.25, 0.3) is 0 Å². The summed E-state index contributed by atoms with van der Waals surface area (Å²) in [6, 6.07) is 45.7. The molecule has 9 rings (SSSR count). The van der Waals surface area contributed by atoms with E-state index >= 15 is 0 Å². The van der Waals surface area contributed by atoms with E-state index in [0.29, 0.717) is 16.7 Å². The minimum atomic E-state index is -5.07. The molecule has 350 valence electrons. The molecule has 2 aliphatic carbocycles. The van der Waals surface area contributed by atoms with Gasteiger partial charge in [-0.05, 0) is 145 Å². The van der Waals surface area contributed by atoms with Gasteiger partial charge in [0, 0.05) is 5.56 Å². The first-order chi connectivity index (χ1) is 36.8. The average Bonchev–Trinajstić information content (AvgIpc) is 4.00. The van der Waals surface area contributed by atoms with Crippen molar-refractivity contribution < 1.29 is 17.9 Å². The van der Waals surface area contributed by atoms with E-state index in [9.17, 15) is 51.3 Å². The van der Waals surface area contributed by atoms with Crippen LogP contribution in [0, 0.1) is 101 Å². The number of allylic oxidation sites excluding steroid dienone is 6. The summed E-state index contributed by atoms with van der Waals surface area (Å²) >= 11 is 0. The fraction of sp³-hybridized carbons (Fsp3) is 0.0323. The summed E-state index contributed by atoms with van der Waals surface area (Å²) in [6.07, 6.45) is -5.07. The molecule has 11 nitrogen and oxygen atoms in total. The first-order valence-corrected chi connectivity index (χ1v) is 22.4. The van der Waals surface area contributed by atoms with Crippen LogP contribution in [-0.2, 0) is 0 Å². The van der Waals surface area contributed by atoms with Crippen molar-refractivity contribution >= 4 is 56.2 Å². The van der Waals surface area contributed by atoms with Crippen molar-refractivity contribution in [3.05, 3.63) is 251 Å². The van der Waals surface area contributed by atoms with Gasteiger partial charge >= 0.3 is 6.36 Å². The monoisotopic (exact) mass is 982 g/mol. The van der Waals surface area contributed by atoms with E-state index in [4.69, 9.17) is 19.7 Å². The Morgan fingerprint density at radius 2 is 0.961 bits per heavy atom. The number of nitrogens with zero attached hydrogens (tertiary/aromatic N) is 10. The minimum absolute atomic E-state index is 0.00307. The molecule has 0 saturated carbocycles. The topological polar surface area (TPSA) is 169 Å². The van der Waals surface area contributed by atoms with Crippen molar-refractivity contribution in [2.75, 3.05) is 0 Å². The summed E-state index contributed by atoms with van der Waals surface area (Å²) in [4.78, 5) is 15.5. The van der Waals surface area contributed by atoms with Crippen LogP contribution in [0.1, 0.15) is 72.3 Å². The molecule has 0 bridgehead atoms. The number of aryl methyl sites for hydroxylation is 1. The number of ether oxygens (including phenoxy) is 1. The van der Waals surface area contributed by atoms with Crippen LogP contribution in [0.5, 0.6) is 5.75 Å². The number of hydrogen-bond acceptors (Lipinski definition) is 7. The zero-order chi connectivity index (χ0) is 54.0. The number of rotatable bonds is 7. The molecular weight excluding hydrogens is 958 g/mol. The Hall–Kier alpha value is -12.0. The maximum atomic E-state index is 13.6. The van der Waals surface area contributed by atoms with Gasteiger partial charge in [0.05, 0.1) is 84.0 Å². The Kier molecular flexibility index (Phi) is 12.7. The second kappa shape index (κ2) is 19.6. The Morgan fingerprint density at radius 1 is 0.474 bits per heavy atom. The fourth-order valence-electron chi connectivity index (χ4n) is 9.60. The van der Waals surface area contributed by atoms with Crippen molar-refractivity contribution in [1.29, 1.82) is 31.6 Å². The van der Waals surface area contributed by atoms with E-state index < -0.39 is 12.1 Å². The van der Waals surface area contributed by atoms with Crippen LogP contribution < -0.4 is 4.74 Å². The van der Waals surface area contributed by atoms with Gasteiger partial charge < -0.3 is 4.74 Å². The first kappa shape index (κ1) is 49.0. The highest BCUT2D eigenvalue weighted by Gasteiger charge is 2.44. The highest BCUT2D eigenvalue weighted by molar-refractivity contribution is 6.38. The lowest BCUT2D eigenvalue weighted by Gasteiger charge is -2.25. The summed E-state index contributed by atoms with van der Waals surface area (Å²) in [5.74, 6) is -0.601. The van der Waals surface area contributed by atoms with Gasteiger partial charge in [0.2, 0.25) is 11.4 Å². The van der Waals surface area contributed by atoms with Crippen LogP contribution in [0.25, 0.3) is 86.5 Å². The molecule has 14 heteroatoms. The number of alkyl halides is 3. The highest BCUT2D eigenvalue weighted by Crippen LogP contribution is 2.64. The zero-order valence-electron chi connectivity index (χ0n) is 39.2. The van der Waals surface area contributed by atoms with Crippen molar-refractivity contribution in [3.8, 4) is 64.4 Å². The lowest BCUT2D eigenvalue weighted by Crippen LogP contribution is -2.17. The normalized spacial score (nSPS) is 13.3. The molecule has 7 aromatic rings. The molecule has 0 heterocycles. The fourth-order valence-corrected chi connectivity index (χ4v) is 9.60. The Labute approximate surface area is 433 Å². The molecule has 0 saturated heterocycles. The van der Waals surface area contributed by atoms with Gasteiger partial charge in [0.15, 0.2) is 11.4 Å². The third kappa shape index (κ3) is 8.47. The molecule has 0 unspecified atom stereocenters. The van der Waals surface area contributed by atoms with Crippen LogP contribution >= 0.6 is 0 Å². The summed E-state index contributed by atoms with van der Waals surface area (Å²) in [6.45, 7) is 35.9. The van der Waals surface area contributed by atoms with E-state index in [2.05, 4.69) is 48.4 Å². The van der Waals surface area contributed by atoms with Crippen LogP contribution in [0.15, 0.2) is 133 Å². The van der Waals surface area contributed by atoms with E-state index in [1.165, 1.54) is 72.8 Å². The Balaban J connectivity index is 1.64. The SMILES string of the molecule is [C-]#[N+]C1=C(c2ccc(C)cc2)/C(=C(/C#N)c2cc([N+]#[C-])cc([N+]#[C-])c2)c2c1c(-c1ccc(C#N)cc1)c1c(c2-c2ccc(C#N)cc2)C(C#N)=C(c2ccc(OC(F)(F)F)cc2)/C1=C(/[N+]#[C-])c1cc(C#N)cc(C#N)c1. The van der Waals surface area contributed by atoms with Crippen molar-refractivity contribution in [2.24, 2.45) is 0 Å². The molecule has 7 aromatic carbocycles. The van der Waals surface area contributed by atoms with Gasteiger partial charge in [0.1, 0.15) is 17.9 Å². The summed E-state index contributed by atoms with van der Waals surface area (Å²) in [7, 11) is 0. The van der Waals surface area contributed by atoms with E-state index in [1.54, 1.807) is 36.4 Å². The van der Waals surface area contributed by atoms with Crippen molar-refractivity contribution in [1.82, 2.24) is 0 Å². The summed E-state index contributed by atoms with van der Waals surface area (Å²) in [5, 5.41) is 64.0. The second-order valence-electron chi connectivity index (χ2n) is 16.9. The predicted molar refractivity (Wildman–Crippen MR) is 278 cm³/mol. The standard InChI is InChI=1S/C62H25F3N10O/c1-34-6-12-42(13-7-34)53-54(48(32-70)43-25-45(72-2)27-46(26-43)73-3)56-51(40-14-8-35(28-66)9-15-40)55-49(33-71)50(39-18-20-47(21-19-39)76-62(63,64)65)58(60(74-4)44-23-37(30-68)22-38(24-44)31-69)57(55)52(59(56)61(53)75-5)41-16-10-36(29-67)11-17-41/h6-27H,1H3/b54-48+,60-58-. The third-order valence-corrected chi connectivity index (χ3v) is 12.6. The van der Waals surface area contributed by atoms with Gasteiger partial charge in [-0.25, -0.2) is 19.4 Å². The first-order valence-electron chi connectivity index (χ1n) is 22.4. The van der Waals surface area contributed by atoms with E-state index in [1.807, 2.05) is 31.2 Å². The minimum Gasteiger partial charge on any atom is -0.406 e. The number of halogens is 3. The lowest BCUT2D eigenvalue weighted by molar-refractivity contribution is -0.274. The lowest BCUT2D eigenvalue weighted by atomic mass is 9.77. The van der Waals surface area contributed by atoms with Crippen molar-refractivity contribution in [2.45, 2.75) is 13.3 Å². The average molecular weight is 983 g/mol. The molecule has 0 aromatic heterocycles. The van der Waals surface area contributed by atoms with E-state index in [-0.39, 0.29) is 129 Å². The molecule has 2 aliphatic rings. The molecule has 0 radical (unpaired) electrons. The van der Waals surface area contributed by atoms with E-state index in [0.717, 1.165) is 17.7 Å². The Bertz CT molecular complexity index is 4250. The van der Waals surface area contributed by atoms with Gasteiger partial charge in [-0.3, -0.25) is 0 Å². The molecule has 0 amide bonds. The molecule has 0 atom stereocenters. The maximum absolute atomic E-state index is 13.6. The summed E-state index contributed by atoms with van der Waals surface area (Å²) < 4.78 is 45.1. The van der Waals surface area contributed by atoms with Gasteiger partial charge in [-0.1, -0.05) is 84.4 Å². The number of fused-ring (bicyclic) bond motifs is 2. The van der Waals surface area contributed by atoms with Gasteiger partial charge in [-0.2, -0.15) is 31.6 Å². The van der Waals surface area contributed by atoms with Crippen LogP contribution in [-0.4, -0.2) is 6.36 Å². The second-order valence-corrected chi connectivity index (χ2v) is 16.9. The maximum Gasteiger partial charge on any atom is 0.573 e. The molecule has 76 heavy (non-hydrogen) atoms. The summed E-state index contributed by atoms with van der Waals surface area (Å²) in [5.41, 5.74) is 3.87. The van der Waals surface area contributed by atoms with Crippen molar-refractivity contribution in [3.63, 3.8) is 0 Å². The smallest absolute Gasteiger partial charge is 0.406 e. The quantitative estimate of drug-likeness (QED) is 0.113. The molecule has 0 fully saturated rings. The van der Waals surface area contributed by atoms with Crippen LogP contribution in [0.3, 0.4) is 0 Å². The highest BCUT2D eigenvalue weighted by atomic mass is 19.4. The molecule has 0 N–H and O–H groups in total. The number of nitriles is 6. The largest absolute Gasteiger partial charge is 0.573 e. The van der Waals surface area contributed by atoms with Crippen LogP contribution in [0.4, 0.5) is 24.5 Å². The van der Waals surface area contributed by atoms with Gasteiger partial charge in [-0.15, -0.1) is 13.2 Å². The zero-order valence-corrected chi connectivity index (χ0v) is 39.2. The Morgan fingerprint density at radius 3 is 1.42 bits per heavy atom. The molecule has 0 aliphatic heterocycles. The third-order valence-electron chi connectivity index (χ3n) is 12.6.